The molecule has 0 atom stereocenters. The Hall–Kier alpha value is -1.33. The highest BCUT2D eigenvalue weighted by Gasteiger charge is 2.15. The molecule has 0 bridgehead atoms. The molecule has 0 radical (unpaired) electrons. The van der Waals surface area contributed by atoms with Gasteiger partial charge in [0.25, 0.3) is 0 Å². The van der Waals surface area contributed by atoms with Gasteiger partial charge in [-0.25, -0.2) is 9.78 Å². The first-order valence-corrected chi connectivity index (χ1v) is 8.52. The number of aromatic nitrogens is 1. The highest BCUT2D eigenvalue weighted by atomic mass is 32.2. The van der Waals surface area contributed by atoms with Crippen LogP contribution in [0.1, 0.15) is 49.4 Å². The number of thioether (sulfide) groups is 1. The molecule has 0 amide bonds. The Bertz CT molecular complexity index is 530. The zero-order valence-electron chi connectivity index (χ0n) is 13.8. The van der Waals surface area contributed by atoms with E-state index < -0.39 is 0 Å². The molecule has 122 valence electrons. The maximum Gasteiger partial charge on any atom is 0.344 e. The van der Waals surface area contributed by atoms with Crippen LogP contribution in [0.2, 0.25) is 0 Å². The van der Waals surface area contributed by atoms with Crippen molar-refractivity contribution in [3.8, 4) is 0 Å². The van der Waals surface area contributed by atoms with Gasteiger partial charge in [-0.1, -0.05) is 44.5 Å². The number of hydrogen-bond donors (Lipinski definition) is 1. The van der Waals surface area contributed by atoms with Crippen LogP contribution in [0.3, 0.4) is 0 Å². The van der Waals surface area contributed by atoms with Crippen LogP contribution in [-0.4, -0.2) is 17.6 Å². The second-order valence-corrected chi connectivity index (χ2v) is 6.37. The predicted molar refractivity (Wildman–Crippen MR) is 91.7 cm³/mol. The normalized spacial score (nSPS) is 10.5. The van der Waals surface area contributed by atoms with Crippen LogP contribution in [0.25, 0.3) is 0 Å². The average molecular weight is 322 g/mol. The van der Waals surface area contributed by atoms with Crippen LogP contribution in [0.15, 0.2) is 22.6 Å². The summed E-state index contributed by atoms with van der Waals surface area (Å²) in [5, 5.41) is 0.743. The molecule has 2 N–H and O–H groups in total. The summed E-state index contributed by atoms with van der Waals surface area (Å²) in [5.41, 5.74) is 8.71. The number of carbonyl (C=O) groups excluding carboxylic acids is 1. The molecule has 5 heteroatoms. The van der Waals surface area contributed by atoms with E-state index in [1.807, 2.05) is 19.9 Å². The maximum atomic E-state index is 11.9. The Balaban J connectivity index is 2.59. The monoisotopic (exact) mass is 322 g/mol. The zero-order chi connectivity index (χ0) is 16.5. The van der Waals surface area contributed by atoms with E-state index in [1.54, 1.807) is 0 Å². The first-order valence-electron chi connectivity index (χ1n) is 7.70. The fourth-order valence-electron chi connectivity index (χ4n) is 2.09. The van der Waals surface area contributed by atoms with E-state index >= 15 is 0 Å². The largest absolute Gasteiger partial charge is 0.462 e. The molecule has 0 aliphatic carbocycles. The summed E-state index contributed by atoms with van der Waals surface area (Å²) in [4.78, 5) is 16.8. The van der Waals surface area contributed by atoms with Crippen molar-refractivity contribution in [2.24, 2.45) is 5.73 Å². The van der Waals surface area contributed by atoms with Crippen LogP contribution >= 0.6 is 11.8 Å². The number of unbranched alkanes of at least 4 members (excludes halogenated alkanes) is 3. The van der Waals surface area contributed by atoms with Gasteiger partial charge in [0.1, 0.15) is 5.03 Å². The lowest BCUT2D eigenvalue weighted by Gasteiger charge is -2.12. The lowest BCUT2D eigenvalue weighted by molar-refractivity contribution is -0.138. The fourth-order valence-corrected chi connectivity index (χ4v) is 3.03. The number of nitrogens with zero attached hydrogens (tertiary/aromatic N) is 1. The molecule has 0 saturated heterocycles. The molecule has 1 heterocycles. The fraction of sp³-hybridized carbons (Fsp3) is 0.529. The molecule has 1 aromatic heterocycles. The molecule has 0 aliphatic heterocycles. The number of ether oxygens (including phenoxy) is 1. The number of pyridine rings is 1. The smallest absolute Gasteiger partial charge is 0.344 e. The molecule has 0 fully saturated rings. The van der Waals surface area contributed by atoms with Crippen molar-refractivity contribution in [3.63, 3.8) is 0 Å². The van der Waals surface area contributed by atoms with Crippen molar-refractivity contribution >= 4 is 17.7 Å². The number of aryl methyl sites for hydroxylation is 2. The third kappa shape index (κ3) is 5.81. The second-order valence-electron chi connectivity index (χ2n) is 5.29. The van der Waals surface area contributed by atoms with Crippen LogP contribution in [0.4, 0.5) is 0 Å². The highest BCUT2D eigenvalue weighted by molar-refractivity contribution is 8.03. The van der Waals surface area contributed by atoms with Crippen molar-refractivity contribution < 1.29 is 9.53 Å². The molecule has 0 saturated carbocycles. The minimum absolute atomic E-state index is 0.350. The third-order valence-corrected chi connectivity index (χ3v) is 4.26. The van der Waals surface area contributed by atoms with E-state index in [9.17, 15) is 4.79 Å². The van der Waals surface area contributed by atoms with Gasteiger partial charge >= 0.3 is 5.97 Å². The number of carbonyl (C=O) groups is 1. The van der Waals surface area contributed by atoms with Crippen LogP contribution in [0, 0.1) is 13.8 Å². The molecule has 1 rings (SSSR count). The van der Waals surface area contributed by atoms with Gasteiger partial charge in [-0.15, -0.1) is 0 Å². The van der Waals surface area contributed by atoms with Gasteiger partial charge in [-0.05, 0) is 31.9 Å². The van der Waals surface area contributed by atoms with Gasteiger partial charge in [0.2, 0.25) is 0 Å². The van der Waals surface area contributed by atoms with Crippen molar-refractivity contribution in [1.82, 2.24) is 4.98 Å². The van der Waals surface area contributed by atoms with E-state index in [1.165, 1.54) is 18.2 Å². The lowest BCUT2D eigenvalue weighted by Crippen LogP contribution is -2.08. The number of hydrogen-bond acceptors (Lipinski definition) is 5. The molecule has 0 aliphatic rings. The second kappa shape index (κ2) is 9.64. The summed E-state index contributed by atoms with van der Waals surface area (Å²) in [6.07, 6.45) is 4.31. The summed E-state index contributed by atoms with van der Waals surface area (Å²) < 4.78 is 5.24. The Morgan fingerprint density at radius 1 is 1.36 bits per heavy atom. The van der Waals surface area contributed by atoms with Crippen molar-refractivity contribution in [1.29, 1.82) is 0 Å². The summed E-state index contributed by atoms with van der Waals surface area (Å²) >= 11 is 1.24. The van der Waals surface area contributed by atoms with Crippen molar-refractivity contribution in [2.75, 3.05) is 6.61 Å². The molecule has 0 unspecified atom stereocenters. The van der Waals surface area contributed by atoms with Gasteiger partial charge in [0, 0.05) is 17.8 Å². The molecule has 1 aromatic rings. The maximum absolute atomic E-state index is 11.9. The van der Waals surface area contributed by atoms with Crippen LogP contribution in [-0.2, 0) is 16.1 Å². The minimum Gasteiger partial charge on any atom is -0.462 e. The van der Waals surface area contributed by atoms with E-state index in [0.29, 0.717) is 18.1 Å². The van der Waals surface area contributed by atoms with Crippen LogP contribution < -0.4 is 5.73 Å². The Kier molecular flexibility index (Phi) is 8.20. The van der Waals surface area contributed by atoms with Gasteiger partial charge < -0.3 is 10.5 Å². The van der Waals surface area contributed by atoms with E-state index in [-0.39, 0.29) is 5.97 Å². The van der Waals surface area contributed by atoms with Gasteiger partial charge in [-0.3, -0.25) is 0 Å². The Morgan fingerprint density at radius 2 is 2.09 bits per heavy atom. The zero-order valence-corrected chi connectivity index (χ0v) is 14.6. The minimum atomic E-state index is -0.370. The first-order chi connectivity index (χ1) is 10.5. The molecule has 0 aromatic carbocycles. The van der Waals surface area contributed by atoms with E-state index in [0.717, 1.165) is 41.1 Å². The Morgan fingerprint density at radius 3 is 2.73 bits per heavy atom. The Labute approximate surface area is 137 Å². The quantitative estimate of drug-likeness (QED) is 0.323. The molecular weight excluding hydrogens is 296 g/mol. The summed E-state index contributed by atoms with van der Waals surface area (Å²) in [5.74, 6) is -0.370. The summed E-state index contributed by atoms with van der Waals surface area (Å²) in [7, 11) is 0. The topological polar surface area (TPSA) is 65.2 Å². The van der Waals surface area contributed by atoms with E-state index in [2.05, 4.69) is 18.5 Å². The lowest BCUT2D eigenvalue weighted by atomic mass is 10.1. The van der Waals surface area contributed by atoms with Gasteiger partial charge in [-0.2, -0.15) is 0 Å². The van der Waals surface area contributed by atoms with Crippen LogP contribution in [0.5, 0.6) is 0 Å². The number of nitrogens with two attached hydrogens (primary N) is 1. The van der Waals surface area contributed by atoms with Crippen molar-refractivity contribution in [3.05, 3.63) is 34.4 Å². The standard InChI is InChI=1S/C17H26N2O2S/c1-5-6-7-8-9-21-17(20)14(4)22-16-15(11-18)12(2)10-13(3)19-16/h10H,4-9,11,18H2,1-3H3. The molecule has 0 spiro atoms. The molecule has 4 nitrogen and oxygen atoms in total. The third-order valence-electron chi connectivity index (χ3n) is 3.32. The summed E-state index contributed by atoms with van der Waals surface area (Å²) in [6.45, 7) is 10.7. The predicted octanol–water partition coefficient (Wildman–Crippen LogP) is 3.89. The van der Waals surface area contributed by atoms with Gasteiger partial charge in [0.05, 0.1) is 11.5 Å². The number of rotatable bonds is 9. The molecular formula is C17H26N2O2S. The first kappa shape index (κ1) is 18.7. The SMILES string of the molecule is C=C(Sc1nc(C)cc(C)c1CN)C(=O)OCCCCCC. The number of esters is 1. The van der Waals surface area contributed by atoms with Crippen molar-refractivity contribution in [2.45, 2.75) is 58.0 Å². The average Bonchev–Trinajstić information content (AvgIpc) is 2.46. The van der Waals surface area contributed by atoms with E-state index in [4.69, 9.17) is 10.5 Å². The summed E-state index contributed by atoms with van der Waals surface area (Å²) in [6, 6.07) is 1.99. The molecule has 22 heavy (non-hydrogen) atoms. The highest BCUT2D eigenvalue weighted by Crippen LogP contribution is 2.29. The van der Waals surface area contributed by atoms with Gasteiger partial charge in [0.15, 0.2) is 0 Å².